The Hall–Kier alpha value is -2.68. The molecule has 0 bridgehead atoms. The normalized spacial score (nSPS) is 20.9. The minimum atomic E-state index is -0.265. The molecule has 1 fully saturated rings. The van der Waals surface area contributed by atoms with Crippen LogP contribution >= 0.6 is 0 Å². The predicted molar refractivity (Wildman–Crippen MR) is 107 cm³/mol. The zero-order valence-corrected chi connectivity index (χ0v) is 17.8. The Kier molecular flexibility index (Phi) is 6.07. The molecule has 0 aliphatic carbocycles. The molecule has 2 heterocycles. The Morgan fingerprint density at radius 3 is 2.41 bits per heavy atom. The molecule has 29 heavy (non-hydrogen) atoms. The first-order valence-corrected chi connectivity index (χ1v) is 9.90. The van der Waals surface area contributed by atoms with Gasteiger partial charge in [0.2, 0.25) is 11.7 Å². The van der Waals surface area contributed by atoms with Crippen molar-refractivity contribution in [1.82, 2.24) is 20.2 Å². The third-order valence-electron chi connectivity index (χ3n) is 5.57. The van der Waals surface area contributed by atoms with Gasteiger partial charge in [-0.05, 0) is 49.4 Å². The number of piperidine rings is 1. The molecule has 1 saturated heterocycles. The topological polar surface area (TPSA) is 110 Å². The first kappa shape index (κ1) is 21.0. The maximum absolute atomic E-state index is 11.6. The average Bonchev–Trinajstić information content (AvgIpc) is 3.18. The summed E-state index contributed by atoms with van der Waals surface area (Å²) in [7, 11) is 3.25. The summed E-state index contributed by atoms with van der Waals surface area (Å²) in [6.45, 7) is 7.85. The maximum Gasteiger partial charge on any atom is 0.220 e. The SMILES string of the molecule is COc1ccc([C@@H](c2nnnn2C(C)(C)C)[NH+]2CCC(C(N)=O)CC2)cc1OC. The monoisotopic (exact) mass is 403 g/mol. The van der Waals surface area contributed by atoms with Gasteiger partial charge in [0.05, 0.1) is 32.8 Å². The van der Waals surface area contributed by atoms with Crippen molar-refractivity contribution in [3.05, 3.63) is 29.6 Å². The molecule has 1 aliphatic heterocycles. The number of benzene rings is 1. The molecule has 158 valence electrons. The largest absolute Gasteiger partial charge is 0.493 e. The molecule has 3 rings (SSSR count). The Bertz CT molecular complexity index is 852. The van der Waals surface area contributed by atoms with Gasteiger partial charge >= 0.3 is 0 Å². The van der Waals surface area contributed by atoms with E-state index >= 15 is 0 Å². The fourth-order valence-corrected chi connectivity index (χ4v) is 4.01. The van der Waals surface area contributed by atoms with E-state index in [0.717, 1.165) is 37.3 Å². The Morgan fingerprint density at radius 2 is 1.86 bits per heavy atom. The molecule has 9 nitrogen and oxygen atoms in total. The predicted octanol–water partition coefficient (Wildman–Crippen LogP) is 0.315. The van der Waals surface area contributed by atoms with E-state index in [1.807, 2.05) is 22.9 Å². The minimum absolute atomic E-state index is 0.0663. The van der Waals surface area contributed by atoms with Crippen LogP contribution in [0.25, 0.3) is 0 Å². The fourth-order valence-electron chi connectivity index (χ4n) is 4.01. The summed E-state index contributed by atoms with van der Waals surface area (Å²) >= 11 is 0. The zero-order chi connectivity index (χ0) is 21.2. The van der Waals surface area contributed by atoms with Crippen molar-refractivity contribution in [1.29, 1.82) is 0 Å². The summed E-state index contributed by atoms with van der Waals surface area (Å²) < 4.78 is 12.8. The van der Waals surface area contributed by atoms with E-state index in [0.29, 0.717) is 11.5 Å². The van der Waals surface area contributed by atoms with Gasteiger partial charge in [-0.2, -0.15) is 0 Å². The molecule has 0 spiro atoms. The summed E-state index contributed by atoms with van der Waals surface area (Å²) in [5.41, 5.74) is 6.30. The molecule has 1 atom stereocenters. The summed E-state index contributed by atoms with van der Waals surface area (Å²) in [4.78, 5) is 12.9. The van der Waals surface area contributed by atoms with Crippen molar-refractivity contribution < 1.29 is 19.2 Å². The molecule has 0 radical (unpaired) electrons. The Labute approximate surface area is 171 Å². The van der Waals surface area contributed by atoms with E-state index in [2.05, 4.69) is 36.3 Å². The van der Waals surface area contributed by atoms with Crippen LogP contribution in [0.3, 0.4) is 0 Å². The van der Waals surface area contributed by atoms with Crippen molar-refractivity contribution in [3.63, 3.8) is 0 Å². The average molecular weight is 404 g/mol. The fraction of sp³-hybridized carbons (Fsp3) is 0.600. The number of nitrogens with two attached hydrogens (primary N) is 1. The van der Waals surface area contributed by atoms with Crippen LogP contribution in [-0.2, 0) is 10.3 Å². The number of primary amides is 1. The number of tetrazole rings is 1. The quantitative estimate of drug-likeness (QED) is 0.719. The van der Waals surface area contributed by atoms with Gasteiger partial charge < -0.3 is 20.1 Å². The Balaban J connectivity index is 2.04. The molecular formula is C20H31N6O3+. The summed E-state index contributed by atoms with van der Waals surface area (Å²) in [5, 5.41) is 12.6. The van der Waals surface area contributed by atoms with Crippen molar-refractivity contribution in [2.75, 3.05) is 27.3 Å². The first-order valence-electron chi connectivity index (χ1n) is 9.90. The molecule has 9 heteroatoms. The van der Waals surface area contributed by atoms with Gasteiger partial charge in [0.15, 0.2) is 17.5 Å². The summed E-state index contributed by atoms with van der Waals surface area (Å²) in [6, 6.07) is 5.82. The van der Waals surface area contributed by atoms with Crippen LogP contribution in [0.4, 0.5) is 0 Å². The highest BCUT2D eigenvalue weighted by Gasteiger charge is 2.38. The van der Waals surface area contributed by atoms with Crippen LogP contribution in [0.15, 0.2) is 18.2 Å². The highest BCUT2D eigenvalue weighted by Crippen LogP contribution is 2.32. The van der Waals surface area contributed by atoms with E-state index in [1.54, 1.807) is 14.2 Å². The van der Waals surface area contributed by atoms with E-state index in [9.17, 15) is 4.79 Å². The maximum atomic E-state index is 11.6. The molecule has 0 unspecified atom stereocenters. The van der Waals surface area contributed by atoms with E-state index in [4.69, 9.17) is 15.2 Å². The molecule has 1 aliphatic rings. The van der Waals surface area contributed by atoms with Crippen LogP contribution in [0.5, 0.6) is 11.5 Å². The smallest absolute Gasteiger partial charge is 0.220 e. The van der Waals surface area contributed by atoms with Crippen LogP contribution in [0, 0.1) is 5.92 Å². The second-order valence-electron chi connectivity index (χ2n) is 8.50. The van der Waals surface area contributed by atoms with Crippen molar-refractivity contribution in [3.8, 4) is 11.5 Å². The molecule has 1 aromatic heterocycles. The number of nitrogens with zero attached hydrogens (tertiary/aromatic N) is 4. The number of likely N-dealkylation sites (tertiary alicyclic amines) is 1. The van der Waals surface area contributed by atoms with Gasteiger partial charge in [0.25, 0.3) is 0 Å². The van der Waals surface area contributed by atoms with Crippen molar-refractivity contribution in [2.24, 2.45) is 11.7 Å². The van der Waals surface area contributed by atoms with Gasteiger partial charge in [0, 0.05) is 24.3 Å². The number of quaternary nitrogens is 1. The third-order valence-corrected chi connectivity index (χ3v) is 5.57. The Morgan fingerprint density at radius 1 is 1.21 bits per heavy atom. The molecule has 0 saturated carbocycles. The number of ether oxygens (including phenoxy) is 2. The number of methoxy groups -OCH3 is 2. The number of rotatable bonds is 6. The second kappa shape index (κ2) is 8.36. The van der Waals surface area contributed by atoms with Gasteiger partial charge in [-0.3, -0.25) is 4.79 Å². The highest BCUT2D eigenvalue weighted by molar-refractivity contribution is 5.76. The minimum Gasteiger partial charge on any atom is -0.493 e. The lowest BCUT2D eigenvalue weighted by Gasteiger charge is -2.34. The number of aromatic nitrogens is 4. The first-order chi connectivity index (χ1) is 13.8. The van der Waals surface area contributed by atoms with Gasteiger partial charge in [-0.25, -0.2) is 4.68 Å². The zero-order valence-electron chi connectivity index (χ0n) is 17.8. The van der Waals surface area contributed by atoms with Gasteiger partial charge in [-0.1, -0.05) is 0 Å². The van der Waals surface area contributed by atoms with Crippen LogP contribution < -0.4 is 20.1 Å². The lowest BCUT2D eigenvalue weighted by molar-refractivity contribution is -0.931. The van der Waals surface area contributed by atoms with E-state index in [1.165, 1.54) is 4.90 Å². The lowest BCUT2D eigenvalue weighted by atomic mass is 9.93. The number of hydrogen-bond donors (Lipinski definition) is 2. The van der Waals surface area contributed by atoms with Crippen LogP contribution in [-0.4, -0.2) is 53.4 Å². The third kappa shape index (κ3) is 4.34. The lowest BCUT2D eigenvalue weighted by Crippen LogP contribution is -3.13. The van der Waals surface area contributed by atoms with E-state index in [-0.39, 0.29) is 23.4 Å². The van der Waals surface area contributed by atoms with Gasteiger partial charge in [0.1, 0.15) is 0 Å². The molecule has 3 N–H and O–H groups in total. The van der Waals surface area contributed by atoms with Gasteiger partial charge in [-0.15, -0.1) is 5.10 Å². The van der Waals surface area contributed by atoms with E-state index < -0.39 is 0 Å². The summed E-state index contributed by atoms with van der Waals surface area (Å²) in [6.07, 6.45) is 1.51. The number of hydrogen-bond acceptors (Lipinski definition) is 6. The number of nitrogens with one attached hydrogen (secondary N) is 1. The van der Waals surface area contributed by atoms with Crippen LogP contribution in [0.2, 0.25) is 0 Å². The summed E-state index contributed by atoms with van der Waals surface area (Å²) in [5.74, 6) is 1.84. The standard InChI is InChI=1S/C20H30N6O3/c1-20(2,3)26-19(22-23-24-26)17(25-10-8-13(9-11-25)18(21)27)14-6-7-15(28-4)16(12-14)29-5/h6-7,12-13,17H,8-11H2,1-5H3,(H2,21,27)/p+1/t17-/m0/s1. The number of amides is 1. The molecule has 1 aromatic carbocycles. The van der Waals surface area contributed by atoms with Crippen molar-refractivity contribution in [2.45, 2.75) is 45.2 Å². The number of carbonyl (C=O) groups is 1. The number of carbonyl (C=O) groups excluding carboxylic acids is 1. The molecule has 1 amide bonds. The van der Waals surface area contributed by atoms with Crippen molar-refractivity contribution >= 4 is 5.91 Å². The molecular weight excluding hydrogens is 372 g/mol. The highest BCUT2D eigenvalue weighted by atomic mass is 16.5. The second-order valence-corrected chi connectivity index (χ2v) is 8.50. The van der Waals surface area contributed by atoms with Crippen LogP contribution in [0.1, 0.15) is 51.0 Å². The molecule has 2 aromatic rings.